The zero-order valence-electron chi connectivity index (χ0n) is 14.5. The van der Waals surface area contributed by atoms with Gasteiger partial charge < -0.3 is 9.84 Å². The first-order chi connectivity index (χ1) is 11.5. The first-order valence-electron chi connectivity index (χ1n) is 8.27. The molecule has 0 radical (unpaired) electrons. The third kappa shape index (κ3) is 3.04. The zero-order chi connectivity index (χ0) is 17.3. The minimum absolute atomic E-state index is 0.0396. The predicted molar refractivity (Wildman–Crippen MR) is 96.1 cm³/mol. The molecule has 0 saturated carbocycles. The Labute approximate surface area is 141 Å². The average Bonchev–Trinajstić information content (AvgIpc) is 2.95. The highest BCUT2D eigenvalue weighted by Gasteiger charge is 2.13. The van der Waals surface area contributed by atoms with E-state index in [2.05, 4.69) is 17.4 Å². The summed E-state index contributed by atoms with van der Waals surface area (Å²) in [5.74, 6) is -0.0396. The van der Waals surface area contributed by atoms with Gasteiger partial charge in [-0.05, 0) is 68.1 Å². The third-order valence-corrected chi connectivity index (χ3v) is 4.45. The summed E-state index contributed by atoms with van der Waals surface area (Å²) in [5, 5.41) is 8.03. The fourth-order valence-corrected chi connectivity index (χ4v) is 2.71. The van der Waals surface area contributed by atoms with E-state index < -0.39 is 0 Å². The summed E-state index contributed by atoms with van der Waals surface area (Å²) in [4.78, 5) is 12.4. The van der Waals surface area contributed by atoms with Crippen LogP contribution in [-0.4, -0.2) is 17.1 Å². The Morgan fingerprint density at radius 2 is 2.00 bits per heavy atom. The number of hydrogen-bond acceptors (Lipinski definition) is 3. The fourth-order valence-electron chi connectivity index (χ4n) is 2.71. The van der Waals surface area contributed by atoms with Gasteiger partial charge in [-0.1, -0.05) is 24.2 Å². The number of carbonyl (C=O) groups is 1. The molecule has 1 N–H and O–H groups in total. The van der Waals surface area contributed by atoms with Crippen LogP contribution in [0.5, 0.6) is 0 Å². The van der Waals surface area contributed by atoms with Crippen molar-refractivity contribution in [3.8, 4) is 11.1 Å². The molecule has 1 atom stereocenters. The molecule has 0 aliphatic carbocycles. The molecule has 0 fully saturated rings. The van der Waals surface area contributed by atoms with Crippen molar-refractivity contribution in [3.63, 3.8) is 0 Å². The van der Waals surface area contributed by atoms with Gasteiger partial charge in [0.1, 0.15) is 0 Å². The molecular weight excluding hydrogens is 300 g/mol. The Hall–Kier alpha value is -2.62. The number of nitrogens with one attached hydrogen (secondary N) is 1. The normalized spacial score (nSPS) is 12.3. The monoisotopic (exact) mass is 322 g/mol. The van der Waals surface area contributed by atoms with Crippen LogP contribution in [0, 0.1) is 13.8 Å². The van der Waals surface area contributed by atoms with Crippen LogP contribution >= 0.6 is 0 Å². The maximum Gasteiger partial charge on any atom is 0.251 e. The van der Waals surface area contributed by atoms with Crippen molar-refractivity contribution in [1.29, 1.82) is 0 Å². The standard InChI is InChI=1S/C20H22N2O2/c1-5-13(3)21-20(23)16-7-6-12(2)18(10-16)15-8-9-17-14(4)22-24-19(17)11-15/h6-11,13H,5H2,1-4H3,(H,21,23). The molecule has 4 heteroatoms. The Morgan fingerprint density at radius 3 is 2.75 bits per heavy atom. The van der Waals surface area contributed by atoms with Crippen LogP contribution in [0.4, 0.5) is 0 Å². The molecule has 1 heterocycles. The number of nitrogens with zero attached hydrogens (tertiary/aromatic N) is 1. The van der Waals surface area contributed by atoms with E-state index in [1.54, 1.807) is 0 Å². The topological polar surface area (TPSA) is 55.1 Å². The second kappa shape index (κ2) is 6.48. The molecule has 0 saturated heterocycles. The lowest BCUT2D eigenvalue weighted by atomic mass is 9.97. The maximum atomic E-state index is 12.4. The summed E-state index contributed by atoms with van der Waals surface area (Å²) >= 11 is 0. The molecule has 1 amide bonds. The molecule has 24 heavy (non-hydrogen) atoms. The molecule has 1 unspecified atom stereocenters. The van der Waals surface area contributed by atoms with Gasteiger partial charge in [0.05, 0.1) is 5.69 Å². The highest BCUT2D eigenvalue weighted by Crippen LogP contribution is 2.29. The Balaban J connectivity index is 1.99. The first-order valence-corrected chi connectivity index (χ1v) is 8.27. The first kappa shape index (κ1) is 16.2. The van der Waals surface area contributed by atoms with E-state index in [4.69, 9.17) is 4.52 Å². The van der Waals surface area contributed by atoms with Gasteiger partial charge >= 0.3 is 0 Å². The van der Waals surface area contributed by atoms with E-state index in [-0.39, 0.29) is 11.9 Å². The maximum absolute atomic E-state index is 12.4. The number of amides is 1. The summed E-state index contributed by atoms with van der Waals surface area (Å²) in [6.07, 6.45) is 0.909. The molecule has 0 aliphatic rings. The number of fused-ring (bicyclic) bond motifs is 1. The second-order valence-electron chi connectivity index (χ2n) is 6.29. The molecular formula is C20H22N2O2. The fraction of sp³-hybridized carbons (Fsp3) is 0.300. The van der Waals surface area contributed by atoms with Crippen molar-refractivity contribution < 1.29 is 9.32 Å². The Kier molecular flexibility index (Phi) is 4.38. The lowest BCUT2D eigenvalue weighted by Crippen LogP contribution is -2.31. The smallest absolute Gasteiger partial charge is 0.251 e. The van der Waals surface area contributed by atoms with Gasteiger partial charge in [-0.15, -0.1) is 0 Å². The van der Waals surface area contributed by atoms with Crippen molar-refractivity contribution >= 4 is 16.9 Å². The number of aryl methyl sites for hydroxylation is 2. The van der Waals surface area contributed by atoms with Gasteiger partial charge in [-0.3, -0.25) is 4.79 Å². The molecule has 0 bridgehead atoms. The number of hydrogen-bond donors (Lipinski definition) is 1. The van der Waals surface area contributed by atoms with Crippen molar-refractivity contribution in [2.75, 3.05) is 0 Å². The number of rotatable bonds is 4. The molecule has 124 valence electrons. The molecule has 3 aromatic rings. The van der Waals surface area contributed by atoms with Crippen LogP contribution in [0.1, 0.15) is 41.9 Å². The average molecular weight is 322 g/mol. The van der Waals surface area contributed by atoms with E-state index in [1.807, 2.05) is 57.2 Å². The highest BCUT2D eigenvalue weighted by molar-refractivity contribution is 5.96. The van der Waals surface area contributed by atoms with E-state index in [1.165, 1.54) is 0 Å². The zero-order valence-corrected chi connectivity index (χ0v) is 14.5. The van der Waals surface area contributed by atoms with Crippen LogP contribution < -0.4 is 5.32 Å². The van der Waals surface area contributed by atoms with Crippen LogP contribution in [0.2, 0.25) is 0 Å². The van der Waals surface area contributed by atoms with E-state index in [9.17, 15) is 4.79 Å². The van der Waals surface area contributed by atoms with E-state index in [0.717, 1.165) is 39.8 Å². The number of carbonyl (C=O) groups excluding carboxylic acids is 1. The Morgan fingerprint density at radius 1 is 1.21 bits per heavy atom. The van der Waals surface area contributed by atoms with Crippen LogP contribution in [0.15, 0.2) is 40.9 Å². The van der Waals surface area contributed by atoms with Crippen LogP contribution in [0.3, 0.4) is 0 Å². The molecule has 2 aromatic carbocycles. The van der Waals surface area contributed by atoms with E-state index in [0.29, 0.717) is 5.56 Å². The lowest BCUT2D eigenvalue weighted by Gasteiger charge is -2.13. The summed E-state index contributed by atoms with van der Waals surface area (Å²) in [6, 6.07) is 12.0. The van der Waals surface area contributed by atoms with Gasteiger partial charge in [-0.25, -0.2) is 0 Å². The largest absolute Gasteiger partial charge is 0.356 e. The second-order valence-corrected chi connectivity index (χ2v) is 6.29. The van der Waals surface area contributed by atoms with Crippen molar-refractivity contribution in [3.05, 3.63) is 53.2 Å². The highest BCUT2D eigenvalue weighted by atomic mass is 16.5. The summed E-state index contributed by atoms with van der Waals surface area (Å²) in [6.45, 7) is 8.03. The molecule has 0 spiro atoms. The summed E-state index contributed by atoms with van der Waals surface area (Å²) < 4.78 is 5.37. The van der Waals surface area contributed by atoms with Gasteiger partial charge in [0.15, 0.2) is 5.58 Å². The number of aromatic nitrogens is 1. The van der Waals surface area contributed by atoms with Crippen molar-refractivity contribution in [1.82, 2.24) is 10.5 Å². The lowest BCUT2D eigenvalue weighted by molar-refractivity contribution is 0.0939. The number of benzene rings is 2. The quantitative estimate of drug-likeness (QED) is 0.761. The molecule has 3 rings (SSSR count). The van der Waals surface area contributed by atoms with Crippen LogP contribution in [0.25, 0.3) is 22.1 Å². The third-order valence-electron chi connectivity index (χ3n) is 4.45. The predicted octanol–water partition coefficient (Wildman–Crippen LogP) is 4.64. The molecule has 1 aromatic heterocycles. The van der Waals surface area contributed by atoms with Gasteiger partial charge in [0.2, 0.25) is 0 Å². The van der Waals surface area contributed by atoms with Gasteiger partial charge in [-0.2, -0.15) is 0 Å². The van der Waals surface area contributed by atoms with Crippen LogP contribution in [-0.2, 0) is 0 Å². The minimum atomic E-state index is -0.0396. The van der Waals surface area contributed by atoms with Gasteiger partial charge in [0, 0.05) is 17.0 Å². The molecule has 4 nitrogen and oxygen atoms in total. The molecule has 0 aliphatic heterocycles. The Bertz CT molecular complexity index is 896. The summed E-state index contributed by atoms with van der Waals surface area (Å²) in [5.41, 5.74) is 5.49. The van der Waals surface area contributed by atoms with E-state index >= 15 is 0 Å². The summed E-state index contributed by atoms with van der Waals surface area (Å²) in [7, 11) is 0. The SMILES string of the molecule is CCC(C)NC(=O)c1ccc(C)c(-c2ccc3c(C)noc3c2)c1. The van der Waals surface area contributed by atoms with Crippen molar-refractivity contribution in [2.45, 2.75) is 40.2 Å². The van der Waals surface area contributed by atoms with Gasteiger partial charge in [0.25, 0.3) is 5.91 Å². The van der Waals surface area contributed by atoms with Crippen molar-refractivity contribution in [2.24, 2.45) is 0 Å². The minimum Gasteiger partial charge on any atom is -0.356 e.